The number of aromatic nitrogens is 5. The number of fused-ring (bicyclic) bond motifs is 1. The van der Waals surface area contributed by atoms with E-state index in [9.17, 15) is 4.79 Å². The van der Waals surface area contributed by atoms with Crippen LogP contribution in [0.3, 0.4) is 0 Å². The zero-order chi connectivity index (χ0) is 25.4. The fraction of sp³-hybridized carbons (Fsp3) is 0.333. The van der Waals surface area contributed by atoms with Crippen LogP contribution in [0.1, 0.15) is 29.9 Å². The molecular formula is C24H24ClN7O3S. The Hall–Kier alpha value is -3.41. The van der Waals surface area contributed by atoms with Gasteiger partial charge in [0.05, 0.1) is 50.4 Å². The largest absolute Gasteiger partial charge is 0.494 e. The number of nitrogens with one attached hydrogen (secondary N) is 1. The molecule has 0 unspecified atom stereocenters. The first-order valence-corrected chi connectivity index (χ1v) is 12.5. The molecule has 1 amide bonds. The predicted molar refractivity (Wildman–Crippen MR) is 139 cm³/mol. The van der Waals surface area contributed by atoms with E-state index < -0.39 is 0 Å². The molecule has 1 fully saturated rings. The third-order valence-corrected chi connectivity index (χ3v) is 6.95. The Labute approximate surface area is 216 Å². The second-order valence-corrected chi connectivity index (χ2v) is 9.92. The molecule has 5 heterocycles. The Balaban J connectivity index is 1.46. The van der Waals surface area contributed by atoms with E-state index in [-0.39, 0.29) is 23.1 Å². The van der Waals surface area contributed by atoms with Crippen molar-refractivity contribution in [1.82, 2.24) is 24.9 Å². The van der Waals surface area contributed by atoms with Gasteiger partial charge >= 0.3 is 0 Å². The normalized spacial score (nSPS) is 17.9. The number of pyridine rings is 2. The maximum atomic E-state index is 13.3. The van der Waals surface area contributed by atoms with Crippen molar-refractivity contribution in [3.63, 3.8) is 0 Å². The second-order valence-electron chi connectivity index (χ2n) is 8.55. The number of halogens is 1. The molecule has 10 nitrogen and oxygen atoms in total. The van der Waals surface area contributed by atoms with E-state index in [0.717, 1.165) is 11.5 Å². The number of aryl methyl sites for hydroxylation is 1. The van der Waals surface area contributed by atoms with Gasteiger partial charge in [-0.15, -0.1) is 0 Å². The summed E-state index contributed by atoms with van der Waals surface area (Å²) in [5.74, 6) is 0.882. The van der Waals surface area contributed by atoms with Crippen LogP contribution in [0.4, 0.5) is 10.9 Å². The highest BCUT2D eigenvalue weighted by Crippen LogP contribution is 2.34. The Kier molecular flexibility index (Phi) is 6.69. The summed E-state index contributed by atoms with van der Waals surface area (Å²) < 4.78 is 11.1. The summed E-state index contributed by atoms with van der Waals surface area (Å²) in [6.45, 7) is 7.30. The maximum absolute atomic E-state index is 13.3. The highest BCUT2D eigenvalue weighted by atomic mass is 35.5. The zero-order valence-electron chi connectivity index (χ0n) is 20.1. The van der Waals surface area contributed by atoms with Crippen LogP contribution in [0.2, 0.25) is 5.15 Å². The number of nitrogens with zero attached hydrogens (tertiary/aromatic N) is 6. The van der Waals surface area contributed by atoms with Gasteiger partial charge in [-0.05, 0) is 32.9 Å². The lowest BCUT2D eigenvalue weighted by molar-refractivity contribution is 0.0752. The summed E-state index contributed by atoms with van der Waals surface area (Å²) in [4.78, 5) is 38.3. The first-order chi connectivity index (χ1) is 17.3. The minimum absolute atomic E-state index is 0.179. The average molecular weight is 526 g/mol. The molecule has 1 aliphatic rings. The van der Waals surface area contributed by atoms with Gasteiger partial charge in [0.2, 0.25) is 0 Å². The van der Waals surface area contributed by atoms with E-state index in [4.69, 9.17) is 26.1 Å². The molecule has 2 atom stereocenters. The minimum Gasteiger partial charge on any atom is -0.494 e. The second kappa shape index (κ2) is 9.92. The molecule has 1 N–H and O–H groups in total. The number of anilines is 2. The van der Waals surface area contributed by atoms with Gasteiger partial charge in [-0.2, -0.15) is 4.98 Å². The van der Waals surface area contributed by atoms with Crippen molar-refractivity contribution in [1.29, 1.82) is 0 Å². The zero-order valence-corrected chi connectivity index (χ0v) is 21.7. The first kappa shape index (κ1) is 24.3. The molecule has 4 aromatic rings. The smallest absolute Gasteiger partial charge is 0.259 e. The van der Waals surface area contributed by atoms with Crippen molar-refractivity contribution in [3.05, 3.63) is 47.1 Å². The van der Waals surface area contributed by atoms with Crippen LogP contribution in [0.5, 0.6) is 5.75 Å². The molecule has 0 radical (unpaired) electrons. The molecule has 4 aromatic heterocycles. The lowest BCUT2D eigenvalue weighted by Gasteiger charge is -2.39. The van der Waals surface area contributed by atoms with Crippen molar-refractivity contribution in [2.45, 2.75) is 32.9 Å². The van der Waals surface area contributed by atoms with Crippen LogP contribution >= 0.6 is 22.9 Å². The van der Waals surface area contributed by atoms with Crippen LogP contribution in [0, 0.1) is 6.92 Å². The van der Waals surface area contributed by atoms with Gasteiger partial charge in [-0.3, -0.25) is 15.1 Å². The quantitative estimate of drug-likeness (QED) is 0.379. The van der Waals surface area contributed by atoms with Gasteiger partial charge in [0, 0.05) is 23.0 Å². The highest BCUT2D eigenvalue weighted by Gasteiger charge is 2.27. The fourth-order valence-electron chi connectivity index (χ4n) is 4.26. The molecule has 1 saturated heterocycles. The summed E-state index contributed by atoms with van der Waals surface area (Å²) in [5, 5.41) is 3.55. The average Bonchev–Trinajstić information content (AvgIpc) is 3.25. The van der Waals surface area contributed by atoms with E-state index in [2.05, 4.69) is 44.0 Å². The predicted octanol–water partition coefficient (Wildman–Crippen LogP) is 4.38. The third kappa shape index (κ3) is 4.69. The van der Waals surface area contributed by atoms with Crippen molar-refractivity contribution in [2.24, 2.45) is 0 Å². The lowest BCUT2D eigenvalue weighted by Crippen LogP contribution is -2.50. The number of ether oxygens (including phenoxy) is 2. The van der Waals surface area contributed by atoms with E-state index in [1.54, 1.807) is 12.3 Å². The minimum atomic E-state index is -0.373. The van der Waals surface area contributed by atoms with Crippen molar-refractivity contribution in [3.8, 4) is 16.9 Å². The van der Waals surface area contributed by atoms with Crippen molar-refractivity contribution in [2.75, 3.05) is 30.5 Å². The first-order valence-electron chi connectivity index (χ1n) is 11.3. The lowest BCUT2D eigenvalue weighted by atomic mass is 10.0. The Morgan fingerprint density at radius 2 is 1.89 bits per heavy atom. The number of hydrogen-bond donors (Lipinski definition) is 1. The molecule has 0 spiro atoms. The molecule has 186 valence electrons. The van der Waals surface area contributed by atoms with Gasteiger partial charge in [0.15, 0.2) is 15.6 Å². The molecule has 1 aliphatic heterocycles. The number of hydrogen-bond acceptors (Lipinski definition) is 10. The summed E-state index contributed by atoms with van der Waals surface area (Å²) in [6, 6.07) is 3.83. The van der Waals surface area contributed by atoms with Gasteiger partial charge < -0.3 is 14.4 Å². The SMILES string of the molecule is COc1cnc(Cl)cc1-c1cc(C)ncc1C(=O)Nc1nc2ncc(N3[C@H](C)COC[C@@H]3C)nc2s1. The highest BCUT2D eigenvalue weighted by molar-refractivity contribution is 7.21. The number of methoxy groups -OCH3 is 1. The summed E-state index contributed by atoms with van der Waals surface area (Å²) in [6.07, 6.45) is 4.76. The molecule has 0 saturated carbocycles. The molecule has 36 heavy (non-hydrogen) atoms. The van der Waals surface area contributed by atoms with E-state index in [0.29, 0.717) is 51.3 Å². The Bertz CT molecular complexity index is 1440. The monoisotopic (exact) mass is 525 g/mol. The van der Waals surface area contributed by atoms with Gasteiger partial charge in [0.1, 0.15) is 16.7 Å². The van der Waals surface area contributed by atoms with E-state index in [1.165, 1.54) is 30.8 Å². The van der Waals surface area contributed by atoms with Crippen LogP contribution in [0.15, 0.2) is 30.7 Å². The van der Waals surface area contributed by atoms with Crippen LogP contribution in [-0.2, 0) is 4.74 Å². The van der Waals surface area contributed by atoms with Crippen molar-refractivity contribution < 1.29 is 14.3 Å². The molecule has 5 rings (SSSR count). The molecule has 0 aliphatic carbocycles. The molecule has 12 heteroatoms. The maximum Gasteiger partial charge on any atom is 0.259 e. The summed E-state index contributed by atoms with van der Waals surface area (Å²) >= 11 is 7.41. The number of thiazole rings is 1. The summed E-state index contributed by atoms with van der Waals surface area (Å²) in [5.41, 5.74) is 2.81. The molecule has 0 bridgehead atoms. The van der Waals surface area contributed by atoms with Crippen LogP contribution in [-0.4, -0.2) is 63.2 Å². The third-order valence-electron chi connectivity index (χ3n) is 5.89. The van der Waals surface area contributed by atoms with Crippen LogP contribution in [0.25, 0.3) is 21.6 Å². The number of carbonyl (C=O) groups is 1. The number of amides is 1. The Morgan fingerprint density at radius 3 is 2.64 bits per heavy atom. The van der Waals surface area contributed by atoms with E-state index >= 15 is 0 Å². The van der Waals surface area contributed by atoms with E-state index in [1.807, 2.05) is 13.0 Å². The standard InChI is InChI=1S/C24H24ClN7O3S/c1-12-5-15(16-6-19(25)27-8-18(16)34-4)17(7-26-12)22(33)31-24-30-21-23(36-24)29-20(9-28-21)32-13(2)10-35-11-14(32)3/h5-9,13-14H,10-11H2,1-4H3,(H,28,30,31,33)/t13-,14+. The topological polar surface area (TPSA) is 115 Å². The molecular weight excluding hydrogens is 502 g/mol. The number of rotatable bonds is 5. The Morgan fingerprint density at radius 1 is 1.11 bits per heavy atom. The van der Waals surface area contributed by atoms with Gasteiger partial charge in [-0.1, -0.05) is 22.9 Å². The van der Waals surface area contributed by atoms with Crippen molar-refractivity contribution >= 4 is 50.3 Å². The fourth-order valence-corrected chi connectivity index (χ4v) is 5.21. The summed E-state index contributed by atoms with van der Waals surface area (Å²) in [7, 11) is 1.54. The molecule has 0 aromatic carbocycles. The van der Waals surface area contributed by atoms with Crippen LogP contribution < -0.4 is 15.0 Å². The van der Waals surface area contributed by atoms with Gasteiger partial charge in [-0.25, -0.2) is 15.0 Å². The van der Waals surface area contributed by atoms with Gasteiger partial charge in [0.25, 0.3) is 5.91 Å². The number of morpholine rings is 1. The number of carbonyl (C=O) groups excluding carboxylic acids is 1.